The molecule has 4 heteroatoms. The van der Waals surface area contributed by atoms with Gasteiger partial charge in [0.1, 0.15) is 6.23 Å². The molecule has 2 rings (SSSR count). The van der Waals surface area contributed by atoms with Crippen LogP contribution in [0.2, 0.25) is 0 Å². The van der Waals surface area contributed by atoms with Crippen LogP contribution in [0, 0.1) is 0 Å². The van der Waals surface area contributed by atoms with Gasteiger partial charge in [-0.25, -0.2) is 0 Å². The molecular weight excluding hydrogens is 206 g/mol. The molecule has 0 aliphatic carbocycles. The summed E-state index contributed by atoms with van der Waals surface area (Å²) in [4.78, 5) is 0. The zero-order valence-electron chi connectivity index (χ0n) is 8.21. The Balaban J connectivity index is 0.000000845. The van der Waals surface area contributed by atoms with Crippen LogP contribution in [0.1, 0.15) is 26.7 Å². The van der Waals surface area contributed by atoms with Crippen LogP contribution in [0.15, 0.2) is 0 Å². The van der Waals surface area contributed by atoms with Gasteiger partial charge in [-0.1, -0.05) is 0 Å². The predicted molar refractivity (Wildman–Crippen MR) is 59.7 cm³/mol. The highest BCUT2D eigenvalue weighted by Crippen LogP contribution is 2.32. The second-order valence-corrected chi connectivity index (χ2v) is 5.66. The van der Waals surface area contributed by atoms with Crippen molar-refractivity contribution in [3.8, 4) is 0 Å². The van der Waals surface area contributed by atoms with Crippen molar-refractivity contribution in [1.82, 2.24) is 5.32 Å². The summed E-state index contributed by atoms with van der Waals surface area (Å²) in [5.74, 6) is 1.31. The van der Waals surface area contributed by atoms with Gasteiger partial charge in [-0.3, -0.25) is 5.32 Å². The van der Waals surface area contributed by atoms with Gasteiger partial charge in [-0.15, -0.1) is 12.4 Å². The molecule has 0 aromatic heterocycles. The van der Waals surface area contributed by atoms with E-state index >= 15 is 0 Å². The van der Waals surface area contributed by atoms with Crippen LogP contribution < -0.4 is 5.32 Å². The molecular formula is C9H18ClNOS. The molecule has 2 heterocycles. The molecule has 0 radical (unpaired) electrons. The van der Waals surface area contributed by atoms with E-state index in [-0.39, 0.29) is 17.9 Å². The second-order valence-electron chi connectivity index (χ2n) is 4.31. The van der Waals surface area contributed by atoms with Crippen molar-refractivity contribution < 1.29 is 4.74 Å². The van der Waals surface area contributed by atoms with E-state index in [0.717, 1.165) is 6.61 Å². The fourth-order valence-corrected chi connectivity index (χ4v) is 3.10. The van der Waals surface area contributed by atoms with Crippen molar-refractivity contribution in [2.24, 2.45) is 0 Å². The van der Waals surface area contributed by atoms with Crippen LogP contribution in [0.5, 0.6) is 0 Å². The lowest BCUT2D eigenvalue weighted by molar-refractivity contribution is 0.0959. The molecule has 0 aromatic rings. The number of halogens is 1. The van der Waals surface area contributed by atoms with Gasteiger partial charge in [0.25, 0.3) is 0 Å². The maximum atomic E-state index is 5.72. The Morgan fingerprint density at radius 2 is 2.23 bits per heavy atom. The number of rotatable bonds is 1. The summed E-state index contributed by atoms with van der Waals surface area (Å²) in [5.41, 5.74) is 0.188. The molecule has 1 N–H and O–H groups in total. The SMILES string of the molecule is CC1(C)COC(C2CCCS2)N1.Cl. The van der Waals surface area contributed by atoms with Crippen molar-refractivity contribution in [1.29, 1.82) is 0 Å². The molecule has 2 unspecified atom stereocenters. The van der Waals surface area contributed by atoms with Gasteiger partial charge in [0.2, 0.25) is 0 Å². The molecule has 0 bridgehead atoms. The molecule has 2 aliphatic rings. The molecule has 0 amide bonds. The van der Waals surface area contributed by atoms with Crippen molar-refractivity contribution in [3.63, 3.8) is 0 Å². The summed E-state index contributed by atoms with van der Waals surface area (Å²) in [7, 11) is 0. The molecule has 78 valence electrons. The first-order chi connectivity index (χ1) is 5.67. The fourth-order valence-electron chi connectivity index (χ4n) is 1.81. The highest BCUT2D eigenvalue weighted by molar-refractivity contribution is 8.00. The normalized spacial score (nSPS) is 37.4. The minimum absolute atomic E-state index is 0. The zero-order valence-corrected chi connectivity index (χ0v) is 9.84. The van der Waals surface area contributed by atoms with E-state index in [9.17, 15) is 0 Å². The third kappa shape index (κ3) is 2.75. The number of hydrogen-bond acceptors (Lipinski definition) is 3. The number of nitrogens with one attached hydrogen (secondary N) is 1. The smallest absolute Gasteiger partial charge is 0.120 e. The molecule has 2 fully saturated rings. The van der Waals surface area contributed by atoms with Gasteiger partial charge in [0.15, 0.2) is 0 Å². The average Bonchev–Trinajstić information content (AvgIpc) is 2.55. The molecule has 13 heavy (non-hydrogen) atoms. The predicted octanol–water partition coefficient (Wildman–Crippen LogP) is 2.03. The van der Waals surface area contributed by atoms with E-state index in [4.69, 9.17) is 4.74 Å². The van der Waals surface area contributed by atoms with Crippen molar-refractivity contribution in [2.75, 3.05) is 12.4 Å². The van der Waals surface area contributed by atoms with Gasteiger partial charge in [0, 0.05) is 10.8 Å². The average molecular weight is 224 g/mol. The quantitative estimate of drug-likeness (QED) is 0.735. The number of hydrogen-bond donors (Lipinski definition) is 1. The van der Waals surface area contributed by atoms with Gasteiger partial charge >= 0.3 is 0 Å². The van der Waals surface area contributed by atoms with Crippen LogP contribution in [-0.2, 0) is 4.74 Å². The molecule has 2 atom stereocenters. The van der Waals surface area contributed by atoms with Crippen LogP contribution in [0.25, 0.3) is 0 Å². The third-order valence-corrected chi connectivity index (χ3v) is 3.89. The Hall–Kier alpha value is 0.560. The Kier molecular flexibility index (Phi) is 3.93. The Labute approximate surface area is 90.6 Å². The summed E-state index contributed by atoms with van der Waals surface area (Å²) in [6.07, 6.45) is 2.99. The molecule has 2 saturated heterocycles. The molecule has 2 aliphatic heterocycles. The number of thioether (sulfide) groups is 1. The maximum absolute atomic E-state index is 5.72. The third-order valence-electron chi connectivity index (χ3n) is 2.46. The fraction of sp³-hybridized carbons (Fsp3) is 1.00. The monoisotopic (exact) mass is 223 g/mol. The van der Waals surface area contributed by atoms with E-state index in [1.807, 2.05) is 0 Å². The first kappa shape index (κ1) is 11.6. The lowest BCUT2D eigenvalue weighted by Gasteiger charge is -2.20. The van der Waals surface area contributed by atoms with Crippen molar-refractivity contribution in [2.45, 2.75) is 43.7 Å². The first-order valence-corrected chi connectivity index (χ1v) is 5.73. The van der Waals surface area contributed by atoms with E-state index in [0.29, 0.717) is 11.5 Å². The van der Waals surface area contributed by atoms with Gasteiger partial charge in [0.05, 0.1) is 6.61 Å². The van der Waals surface area contributed by atoms with Gasteiger partial charge in [-0.05, 0) is 32.4 Å². The Bertz CT molecular complexity index is 171. The standard InChI is InChI=1S/C9H17NOS.ClH/c1-9(2)6-11-8(10-9)7-4-3-5-12-7;/h7-8,10H,3-6H2,1-2H3;1H. The van der Waals surface area contributed by atoms with E-state index < -0.39 is 0 Å². The minimum Gasteiger partial charge on any atom is -0.360 e. The molecule has 0 saturated carbocycles. The van der Waals surface area contributed by atoms with Gasteiger partial charge < -0.3 is 4.74 Å². The first-order valence-electron chi connectivity index (χ1n) is 4.68. The molecule has 0 spiro atoms. The summed E-state index contributed by atoms with van der Waals surface area (Å²) in [6.45, 7) is 5.26. The topological polar surface area (TPSA) is 21.3 Å². The summed E-state index contributed by atoms with van der Waals surface area (Å²) in [5, 5.41) is 4.23. The van der Waals surface area contributed by atoms with Crippen molar-refractivity contribution in [3.05, 3.63) is 0 Å². The summed E-state index contributed by atoms with van der Waals surface area (Å²) in [6, 6.07) is 0. The lowest BCUT2D eigenvalue weighted by atomic mass is 10.1. The molecule has 0 aromatic carbocycles. The second kappa shape index (κ2) is 4.39. The minimum atomic E-state index is 0. The van der Waals surface area contributed by atoms with Crippen LogP contribution in [0.4, 0.5) is 0 Å². The summed E-state index contributed by atoms with van der Waals surface area (Å²) >= 11 is 2.05. The lowest BCUT2D eigenvalue weighted by Crippen LogP contribution is -2.42. The molecule has 2 nitrogen and oxygen atoms in total. The highest BCUT2D eigenvalue weighted by Gasteiger charge is 2.36. The number of ether oxygens (including phenoxy) is 1. The van der Waals surface area contributed by atoms with E-state index in [1.165, 1.54) is 18.6 Å². The Morgan fingerprint density at radius 3 is 2.69 bits per heavy atom. The Morgan fingerprint density at radius 1 is 1.46 bits per heavy atom. The van der Waals surface area contributed by atoms with E-state index in [2.05, 4.69) is 30.9 Å². The zero-order chi connectivity index (χ0) is 8.60. The largest absolute Gasteiger partial charge is 0.360 e. The van der Waals surface area contributed by atoms with Crippen LogP contribution >= 0.6 is 24.2 Å². The van der Waals surface area contributed by atoms with Gasteiger partial charge in [-0.2, -0.15) is 11.8 Å². The van der Waals surface area contributed by atoms with Crippen molar-refractivity contribution >= 4 is 24.2 Å². The highest BCUT2D eigenvalue weighted by atomic mass is 35.5. The van der Waals surface area contributed by atoms with Crippen LogP contribution in [-0.4, -0.2) is 29.4 Å². The van der Waals surface area contributed by atoms with E-state index in [1.54, 1.807) is 0 Å². The summed E-state index contributed by atoms with van der Waals surface area (Å²) < 4.78 is 5.72. The maximum Gasteiger partial charge on any atom is 0.120 e. The van der Waals surface area contributed by atoms with Crippen LogP contribution in [0.3, 0.4) is 0 Å².